The monoisotopic (exact) mass is 670 g/mol. The van der Waals surface area contributed by atoms with E-state index in [2.05, 4.69) is 25.2 Å². The maximum atomic E-state index is 13.2. The van der Waals surface area contributed by atoms with E-state index in [0.717, 1.165) is 65.7 Å². The second kappa shape index (κ2) is 14.0. The van der Waals surface area contributed by atoms with E-state index in [1.165, 1.54) is 6.20 Å². The van der Waals surface area contributed by atoms with E-state index in [1.54, 1.807) is 0 Å². The third-order valence-corrected chi connectivity index (χ3v) is 9.72. The number of aliphatic hydroxyl groups is 1. The summed E-state index contributed by atoms with van der Waals surface area (Å²) in [6.45, 7) is 2.38. The maximum Gasteiger partial charge on any atom is 0.326 e. The molecule has 2 aromatic heterocycles. The van der Waals surface area contributed by atoms with Crippen LogP contribution in [-0.2, 0) is 16.1 Å². The fourth-order valence-electron chi connectivity index (χ4n) is 7.14. The smallest absolute Gasteiger partial charge is 0.326 e. The number of carbonyl (C=O) groups excluding carboxylic acids is 1. The summed E-state index contributed by atoms with van der Waals surface area (Å²) in [4.78, 5) is 40.3. The molecule has 2 aliphatic heterocycles. The van der Waals surface area contributed by atoms with Gasteiger partial charge in [0.25, 0.3) is 5.91 Å². The lowest BCUT2D eigenvalue weighted by Crippen LogP contribution is -2.43. The van der Waals surface area contributed by atoms with E-state index >= 15 is 0 Å². The van der Waals surface area contributed by atoms with Crippen molar-refractivity contribution in [1.82, 2.24) is 24.4 Å². The van der Waals surface area contributed by atoms with Crippen molar-refractivity contribution in [3.8, 4) is 0 Å². The first-order valence-electron chi connectivity index (χ1n) is 17.1. The molecule has 11 heteroatoms. The SMILES string of the molecule is O=C(Nc1cccc(C2OC(CN3CCC(n4c(=O)[nH]c5ccccc54)CC3)CC(c3ccc(CO)cc3)O2)c1)c1cnc2ccccc2n1. The van der Waals surface area contributed by atoms with Gasteiger partial charge in [0.15, 0.2) is 6.29 Å². The average Bonchev–Trinajstić information content (AvgIpc) is 3.50. The Labute approximate surface area is 288 Å². The molecule has 0 radical (unpaired) electrons. The predicted molar refractivity (Wildman–Crippen MR) is 190 cm³/mol. The minimum Gasteiger partial charge on any atom is -0.392 e. The van der Waals surface area contributed by atoms with E-state index in [9.17, 15) is 14.7 Å². The first kappa shape index (κ1) is 32.0. The Morgan fingerprint density at radius 2 is 1.68 bits per heavy atom. The number of likely N-dealkylation sites (tertiary alicyclic amines) is 1. The van der Waals surface area contributed by atoms with Crippen molar-refractivity contribution < 1.29 is 19.4 Å². The molecule has 1 amide bonds. The van der Waals surface area contributed by atoms with E-state index in [-0.39, 0.29) is 42.1 Å². The van der Waals surface area contributed by atoms with Gasteiger partial charge in [-0.1, -0.05) is 60.7 Å². The highest BCUT2D eigenvalue weighted by Crippen LogP contribution is 2.39. The third-order valence-electron chi connectivity index (χ3n) is 9.72. The van der Waals surface area contributed by atoms with Crippen LogP contribution in [0.15, 0.2) is 108 Å². The Hall–Kier alpha value is -5.20. The van der Waals surface area contributed by atoms with Gasteiger partial charge in [0.05, 0.1) is 47.1 Å². The van der Waals surface area contributed by atoms with Crippen LogP contribution in [0.3, 0.4) is 0 Å². The van der Waals surface area contributed by atoms with Crippen LogP contribution in [0.1, 0.15) is 64.9 Å². The minimum absolute atomic E-state index is 0.0237. The second-order valence-corrected chi connectivity index (χ2v) is 13.0. The molecule has 8 rings (SSSR count). The quantitative estimate of drug-likeness (QED) is 0.182. The van der Waals surface area contributed by atoms with Crippen molar-refractivity contribution in [2.24, 2.45) is 0 Å². The highest BCUT2D eigenvalue weighted by Gasteiger charge is 2.34. The van der Waals surface area contributed by atoms with Gasteiger partial charge in [0, 0.05) is 43.3 Å². The number of rotatable bonds is 8. The molecule has 0 spiro atoms. The standard InChI is InChI=1S/C39H38N6O5/c46-24-25-12-14-26(15-13-25)36-21-30(23-44-18-16-29(17-19-44)45-35-11-4-3-10-33(35)43-39(45)48)49-38(50-36)27-6-5-7-28(20-27)41-37(47)34-22-40-31-8-1-2-9-32(31)42-34/h1-15,20,22,29-30,36,38,46H,16-19,21,23-24H2,(H,41,47)(H,43,48). The number of imidazole rings is 1. The summed E-state index contributed by atoms with van der Waals surface area (Å²) in [5, 5.41) is 12.5. The number of H-pyrrole nitrogens is 1. The molecule has 4 aromatic carbocycles. The number of para-hydroxylation sites is 4. The van der Waals surface area contributed by atoms with Gasteiger partial charge in [0.2, 0.25) is 0 Å². The van der Waals surface area contributed by atoms with E-state index < -0.39 is 6.29 Å². The van der Waals surface area contributed by atoms with E-state index in [1.807, 2.05) is 102 Å². The summed E-state index contributed by atoms with van der Waals surface area (Å²) in [5.74, 6) is -0.357. The van der Waals surface area contributed by atoms with Crippen LogP contribution in [0.4, 0.5) is 5.69 Å². The molecule has 254 valence electrons. The number of benzene rings is 4. The number of aromatic amines is 1. The van der Waals surface area contributed by atoms with Crippen LogP contribution in [0.5, 0.6) is 0 Å². The summed E-state index contributed by atoms with van der Waals surface area (Å²) < 4.78 is 15.1. The number of fused-ring (bicyclic) bond motifs is 2. The molecular formula is C39H38N6O5. The van der Waals surface area contributed by atoms with Crippen LogP contribution >= 0.6 is 0 Å². The van der Waals surface area contributed by atoms with E-state index in [4.69, 9.17) is 9.47 Å². The predicted octanol–water partition coefficient (Wildman–Crippen LogP) is 5.90. The average molecular weight is 671 g/mol. The molecule has 0 saturated carbocycles. The zero-order chi connectivity index (χ0) is 34.0. The summed E-state index contributed by atoms with van der Waals surface area (Å²) in [7, 11) is 0. The lowest BCUT2D eigenvalue weighted by molar-refractivity contribution is -0.253. The number of aliphatic hydroxyl groups excluding tert-OH is 1. The van der Waals surface area contributed by atoms with Gasteiger partial charge in [-0.25, -0.2) is 9.78 Å². The third kappa shape index (κ3) is 6.68. The zero-order valence-electron chi connectivity index (χ0n) is 27.4. The number of nitrogens with zero attached hydrogens (tertiary/aromatic N) is 4. The molecule has 3 atom stereocenters. The lowest BCUT2D eigenvalue weighted by Gasteiger charge is -2.40. The molecule has 2 saturated heterocycles. The molecule has 6 aromatic rings. The number of piperidine rings is 1. The molecule has 2 fully saturated rings. The number of aromatic nitrogens is 4. The summed E-state index contributed by atoms with van der Waals surface area (Å²) >= 11 is 0. The van der Waals surface area contributed by atoms with Crippen LogP contribution in [0, 0.1) is 0 Å². The Balaban J connectivity index is 0.984. The first-order valence-corrected chi connectivity index (χ1v) is 17.1. The number of nitrogens with one attached hydrogen (secondary N) is 2. The van der Waals surface area contributed by atoms with Crippen LogP contribution < -0.4 is 11.0 Å². The Morgan fingerprint density at radius 3 is 2.50 bits per heavy atom. The Morgan fingerprint density at radius 1 is 0.900 bits per heavy atom. The highest BCUT2D eigenvalue weighted by molar-refractivity contribution is 6.03. The summed E-state index contributed by atoms with van der Waals surface area (Å²) in [5.41, 5.74) is 6.59. The van der Waals surface area contributed by atoms with Crippen molar-refractivity contribution >= 4 is 33.7 Å². The van der Waals surface area contributed by atoms with Crippen molar-refractivity contribution in [1.29, 1.82) is 0 Å². The summed E-state index contributed by atoms with van der Waals surface area (Å²) in [6.07, 6.45) is 2.83. The number of carbonyl (C=O) groups is 1. The zero-order valence-corrected chi connectivity index (χ0v) is 27.4. The Bertz CT molecular complexity index is 2190. The van der Waals surface area contributed by atoms with Crippen LogP contribution in [-0.4, -0.2) is 61.2 Å². The minimum atomic E-state index is -0.670. The van der Waals surface area contributed by atoms with Gasteiger partial charge < -0.3 is 29.8 Å². The van der Waals surface area contributed by atoms with Gasteiger partial charge >= 0.3 is 5.69 Å². The van der Waals surface area contributed by atoms with Gasteiger partial charge in [-0.15, -0.1) is 0 Å². The summed E-state index contributed by atoms with van der Waals surface area (Å²) in [6, 6.07) is 30.8. The largest absolute Gasteiger partial charge is 0.392 e. The fraction of sp³-hybridized carbons (Fsp3) is 0.282. The van der Waals surface area contributed by atoms with Gasteiger partial charge in [-0.2, -0.15) is 0 Å². The number of hydrogen-bond donors (Lipinski definition) is 3. The second-order valence-electron chi connectivity index (χ2n) is 13.0. The van der Waals surface area contributed by atoms with Crippen molar-refractivity contribution in [2.45, 2.75) is 50.4 Å². The first-order chi connectivity index (χ1) is 24.5. The van der Waals surface area contributed by atoms with Gasteiger partial charge in [-0.3, -0.25) is 14.3 Å². The molecule has 0 aliphatic carbocycles. The number of hydrogen-bond acceptors (Lipinski definition) is 8. The molecule has 3 unspecified atom stereocenters. The molecule has 50 heavy (non-hydrogen) atoms. The molecule has 11 nitrogen and oxygen atoms in total. The molecule has 0 bridgehead atoms. The molecule has 2 aliphatic rings. The molecular weight excluding hydrogens is 632 g/mol. The number of anilines is 1. The normalized spacial score (nSPS) is 20.3. The Kier molecular flexibility index (Phi) is 8.95. The molecule has 3 N–H and O–H groups in total. The topological polar surface area (TPSA) is 135 Å². The van der Waals surface area contributed by atoms with Crippen molar-refractivity contribution in [3.05, 3.63) is 136 Å². The van der Waals surface area contributed by atoms with Crippen molar-refractivity contribution in [3.63, 3.8) is 0 Å². The highest BCUT2D eigenvalue weighted by atomic mass is 16.7. The van der Waals surface area contributed by atoms with Crippen LogP contribution in [0.25, 0.3) is 22.1 Å². The fourth-order valence-corrected chi connectivity index (χ4v) is 7.14. The van der Waals surface area contributed by atoms with Gasteiger partial charge in [-0.05, 0) is 60.4 Å². The number of amides is 1. The lowest BCUT2D eigenvalue weighted by atomic mass is 9.98. The number of ether oxygens (including phenoxy) is 2. The van der Waals surface area contributed by atoms with Crippen molar-refractivity contribution in [2.75, 3.05) is 25.0 Å². The maximum absolute atomic E-state index is 13.2. The van der Waals surface area contributed by atoms with Gasteiger partial charge in [0.1, 0.15) is 5.69 Å². The molecule has 4 heterocycles. The van der Waals surface area contributed by atoms with E-state index in [0.29, 0.717) is 17.6 Å². The van der Waals surface area contributed by atoms with Crippen LogP contribution in [0.2, 0.25) is 0 Å².